The van der Waals surface area contributed by atoms with Crippen molar-refractivity contribution in [3.05, 3.63) is 249 Å². The molecule has 15 rings (SSSR count). The number of allylic oxidation sites excluding steroid dienone is 8. The monoisotopic (exact) mass is 1620 g/mol. The second-order valence-electron chi connectivity index (χ2n) is 40.8. The molecule has 0 N–H and O–H groups in total. The molecule has 0 aliphatic heterocycles. The molecule has 2 atom stereocenters. The van der Waals surface area contributed by atoms with Crippen LogP contribution in [0.2, 0.25) is 0 Å². The van der Waals surface area contributed by atoms with Crippen molar-refractivity contribution in [1.29, 1.82) is 0 Å². The summed E-state index contributed by atoms with van der Waals surface area (Å²) in [5.41, 5.74) is 23.8. The molecular formula is C106H138Cl2O3Zr. The summed E-state index contributed by atoms with van der Waals surface area (Å²) >= 11 is -0.826. The Kier molecular flexibility index (Phi) is 26.5. The molecule has 5 spiro atoms. The van der Waals surface area contributed by atoms with Crippen molar-refractivity contribution in [3.63, 3.8) is 0 Å². The summed E-state index contributed by atoms with van der Waals surface area (Å²) in [5.74, 6) is 0. The fourth-order valence-corrected chi connectivity index (χ4v) is 21.5. The molecule has 8 aromatic rings. The van der Waals surface area contributed by atoms with E-state index in [-0.39, 0.29) is 60.1 Å². The maximum absolute atomic E-state index is 5.91. The Morgan fingerprint density at radius 2 is 0.804 bits per heavy atom. The Balaban J connectivity index is 0.000000154. The second kappa shape index (κ2) is 34.4. The van der Waals surface area contributed by atoms with E-state index in [1.54, 1.807) is 33.4 Å². The summed E-state index contributed by atoms with van der Waals surface area (Å²) < 4.78 is 17.6. The van der Waals surface area contributed by atoms with Gasteiger partial charge >= 0.3 is 37.9 Å². The van der Waals surface area contributed by atoms with Crippen LogP contribution in [0.1, 0.15) is 316 Å². The summed E-state index contributed by atoms with van der Waals surface area (Å²) in [7, 11) is 9.87. The van der Waals surface area contributed by atoms with Gasteiger partial charge in [-0.15, -0.1) is 39.2 Å². The second-order valence-corrected chi connectivity index (χ2v) is 44.5. The van der Waals surface area contributed by atoms with Gasteiger partial charge in [-0.1, -0.05) is 314 Å². The minimum absolute atomic E-state index is 0.0106. The Morgan fingerprint density at radius 3 is 1.25 bits per heavy atom. The van der Waals surface area contributed by atoms with E-state index in [0.717, 1.165) is 32.7 Å². The molecular weight excluding hydrogens is 1480 g/mol. The maximum atomic E-state index is 5.91. The van der Waals surface area contributed by atoms with Crippen LogP contribution in [0.3, 0.4) is 0 Å². The number of rotatable bonds is 23. The van der Waals surface area contributed by atoms with Crippen molar-refractivity contribution in [3.8, 4) is 22.3 Å². The first kappa shape index (κ1) is 86.2. The van der Waals surface area contributed by atoms with Crippen molar-refractivity contribution in [2.75, 3.05) is 19.8 Å². The summed E-state index contributed by atoms with van der Waals surface area (Å²) in [6.45, 7) is 45.9. The van der Waals surface area contributed by atoms with Gasteiger partial charge in [-0.3, -0.25) is 0 Å². The molecule has 6 heteroatoms. The third-order valence-corrected chi connectivity index (χ3v) is 27.4. The zero-order chi connectivity index (χ0) is 80.4. The molecule has 0 bridgehead atoms. The molecule has 8 aromatic carbocycles. The van der Waals surface area contributed by atoms with Crippen LogP contribution in [-0.2, 0) is 68.6 Å². The molecule has 0 aromatic heterocycles. The van der Waals surface area contributed by atoms with Crippen LogP contribution >= 0.6 is 17.0 Å². The number of benzene rings is 6. The number of hydrogen-bond acceptors (Lipinski definition) is 3. The van der Waals surface area contributed by atoms with E-state index in [4.69, 9.17) is 31.2 Å². The van der Waals surface area contributed by atoms with Crippen molar-refractivity contribution in [1.82, 2.24) is 0 Å². The molecule has 7 aliphatic carbocycles. The Hall–Kier alpha value is -5.16. The van der Waals surface area contributed by atoms with Crippen LogP contribution in [0.15, 0.2) is 199 Å². The van der Waals surface area contributed by atoms with E-state index in [9.17, 15) is 0 Å². The predicted octanol–water partition coefficient (Wildman–Crippen LogP) is 30.8. The number of ether oxygens (including phenoxy) is 3. The Labute approximate surface area is 697 Å². The zero-order valence-electron chi connectivity index (χ0n) is 72.6. The molecule has 0 amide bonds. The van der Waals surface area contributed by atoms with Crippen molar-refractivity contribution in [2.24, 2.45) is 21.7 Å². The molecule has 2 unspecified atom stereocenters. The fourth-order valence-electron chi connectivity index (χ4n) is 21.5. The van der Waals surface area contributed by atoms with Crippen molar-refractivity contribution < 1.29 is 35.1 Å². The van der Waals surface area contributed by atoms with E-state index in [2.05, 4.69) is 320 Å². The van der Waals surface area contributed by atoms with Crippen LogP contribution in [0.25, 0.3) is 43.8 Å². The van der Waals surface area contributed by atoms with Gasteiger partial charge in [-0.2, -0.15) is 23.3 Å². The topological polar surface area (TPSA) is 27.7 Å². The van der Waals surface area contributed by atoms with Crippen LogP contribution in [0, 0.1) is 21.7 Å². The van der Waals surface area contributed by atoms with Gasteiger partial charge in [-0.05, 0) is 210 Å². The van der Waals surface area contributed by atoms with E-state index in [1.807, 2.05) is 0 Å². The first-order valence-corrected chi connectivity index (χ1v) is 49.9. The number of halogens is 2. The van der Waals surface area contributed by atoms with E-state index in [1.165, 1.54) is 200 Å². The van der Waals surface area contributed by atoms with E-state index in [0.29, 0.717) is 5.41 Å². The van der Waals surface area contributed by atoms with Gasteiger partial charge in [0.1, 0.15) is 0 Å². The molecule has 3 saturated carbocycles. The quantitative estimate of drug-likeness (QED) is 0.0472. The van der Waals surface area contributed by atoms with Gasteiger partial charge in [0.2, 0.25) is 0 Å². The van der Waals surface area contributed by atoms with Gasteiger partial charge in [0.15, 0.2) is 0 Å². The molecule has 598 valence electrons. The summed E-state index contributed by atoms with van der Waals surface area (Å²) in [6, 6.07) is 58.4. The molecule has 3 fully saturated rings. The molecule has 7 aliphatic rings. The predicted molar refractivity (Wildman–Crippen MR) is 479 cm³/mol. The van der Waals surface area contributed by atoms with Crippen LogP contribution in [-0.4, -0.2) is 36.6 Å². The summed E-state index contributed by atoms with van der Waals surface area (Å²) in [6.07, 6.45) is 43.5. The average Bonchev–Trinajstić information content (AvgIpc) is 1.44. The summed E-state index contributed by atoms with van der Waals surface area (Å²) in [5, 5.41) is 5.51. The third kappa shape index (κ3) is 17.4. The van der Waals surface area contributed by atoms with Crippen LogP contribution < -0.4 is 0 Å². The fraction of sp³-hybridized carbons (Fsp3) is 0.528. The normalized spacial score (nSPS) is 19.8. The minimum atomic E-state index is -0.826. The number of aryl methyl sites for hydroxylation is 1. The SMILES string of the molecule is CC(C)(C)OCCCCCCC1=CC2(C=C1)CC1(c3cc(C(C)(C)C)ccc3-c3ccc(C(C)(C)C)cc31)C2(C)C.CC(C)(C)OCCCCCCC1=CC2(C=C1)CC1(c3ccccc3-c3ccccc31)C21CCCCC1.CC(C)(C)OCCCCCCc1cc[c-](C(C)(C)[c-]2c3ccccc3c3ccccc32)c1.[Cl][Zr+2][Cl]. The van der Waals surface area contributed by atoms with Gasteiger partial charge in [0.05, 0.1) is 16.8 Å². The third-order valence-electron chi connectivity index (χ3n) is 27.4. The molecule has 3 nitrogen and oxygen atoms in total. The number of fused-ring (bicyclic) bond motifs is 15. The van der Waals surface area contributed by atoms with E-state index >= 15 is 0 Å². The number of unbranched alkanes of at least 4 members (excludes halogenated alkanes) is 9. The van der Waals surface area contributed by atoms with Gasteiger partial charge in [0, 0.05) is 41.5 Å². The van der Waals surface area contributed by atoms with Gasteiger partial charge < -0.3 is 14.2 Å². The van der Waals surface area contributed by atoms with Crippen molar-refractivity contribution in [2.45, 2.75) is 317 Å². The molecule has 0 radical (unpaired) electrons. The first-order chi connectivity index (χ1) is 53.0. The summed E-state index contributed by atoms with van der Waals surface area (Å²) in [4.78, 5) is 0. The molecule has 0 heterocycles. The Morgan fingerprint density at radius 1 is 0.411 bits per heavy atom. The molecule has 112 heavy (non-hydrogen) atoms. The van der Waals surface area contributed by atoms with Crippen LogP contribution in [0.5, 0.6) is 0 Å². The zero-order valence-corrected chi connectivity index (χ0v) is 76.5. The van der Waals surface area contributed by atoms with Gasteiger partial charge in [0.25, 0.3) is 0 Å². The first-order valence-electron chi connectivity index (χ1n) is 43.5. The standard InChI is InChI=1S/C40H56O.C35H44O.C31H38O.2ClH.Zr/c1-35(2,3)29-17-19-31-32-20-18-30(36(4,5)6)25-34(32)40(33(31)24-29)27-39(38(40,10)11)22-21-28(26-39)16-14-12-13-15-23-41-37(7,8)9;1-32(2,3)36-24-14-5-4-7-15-27-20-23-33(25-27)26-35(34(33)21-12-6-13-22-34)30-18-10-8-16-28(30)29-17-9-11-19-31(29)35;1-30(2,3)32-21-13-7-6-8-14-23-19-20-24(22-23)31(4,5)29-27-17-11-9-15-25(27)26-16-10-12-18-28(26)29;;;/h17-22,24-26H,12-16,23,27H2,1-11H3;8-11,16-20,23,25H,4-7,12-15,21-22,24,26H2,1-3H3;9-12,15-20,22H,6-8,13-14,21H2,1-5H3;2*1H;/q;;-2;;;+4/p-2. The van der Waals surface area contributed by atoms with Crippen molar-refractivity contribution >= 4 is 38.6 Å². The average molecular weight is 1620 g/mol. The number of hydrogen-bond donors (Lipinski definition) is 0. The van der Waals surface area contributed by atoms with Crippen LogP contribution in [0.4, 0.5) is 0 Å². The van der Waals surface area contributed by atoms with E-state index < -0.39 is 20.8 Å². The molecule has 0 saturated heterocycles. The van der Waals surface area contributed by atoms with Gasteiger partial charge in [-0.25, -0.2) is 6.07 Å². The Bertz CT molecular complexity index is 4500.